The Bertz CT molecular complexity index is 1130. The van der Waals surface area contributed by atoms with Crippen LogP contribution >= 0.6 is 0 Å². The number of aromatic nitrogens is 2. The summed E-state index contributed by atoms with van der Waals surface area (Å²) in [6.07, 6.45) is 0. The minimum atomic E-state index is -0.483. The van der Waals surface area contributed by atoms with Crippen LogP contribution in [-0.4, -0.2) is 53.8 Å². The second-order valence-corrected chi connectivity index (χ2v) is 6.88. The van der Waals surface area contributed by atoms with Crippen LogP contribution in [0.25, 0.3) is 0 Å². The summed E-state index contributed by atoms with van der Waals surface area (Å²) in [4.78, 5) is 38.3. The van der Waals surface area contributed by atoms with Crippen LogP contribution in [0.3, 0.4) is 0 Å². The van der Waals surface area contributed by atoms with E-state index >= 15 is 0 Å². The van der Waals surface area contributed by atoms with Gasteiger partial charge in [0.05, 0.1) is 20.2 Å². The fraction of sp³-hybridized carbons (Fsp3) is 0.217. The highest BCUT2D eigenvalue weighted by Crippen LogP contribution is 2.16. The van der Waals surface area contributed by atoms with E-state index in [0.717, 1.165) is 0 Å². The molecular formula is C23H24N4O5. The predicted molar refractivity (Wildman–Crippen MR) is 119 cm³/mol. The molecule has 0 saturated carbocycles. The fourth-order valence-corrected chi connectivity index (χ4v) is 2.87. The first-order valence-corrected chi connectivity index (χ1v) is 9.91. The van der Waals surface area contributed by atoms with Crippen LogP contribution in [0.4, 0.5) is 5.69 Å². The van der Waals surface area contributed by atoms with Crippen molar-refractivity contribution in [2.45, 2.75) is 6.54 Å². The molecule has 0 unspecified atom stereocenters. The second kappa shape index (κ2) is 10.8. The summed E-state index contributed by atoms with van der Waals surface area (Å²) in [5.74, 6) is 0.423. The first-order valence-electron chi connectivity index (χ1n) is 9.91. The minimum Gasteiger partial charge on any atom is -0.497 e. The topological polar surface area (TPSA) is 103 Å². The van der Waals surface area contributed by atoms with Gasteiger partial charge in [-0.05, 0) is 30.3 Å². The number of methoxy groups -OCH3 is 1. The van der Waals surface area contributed by atoms with Gasteiger partial charge in [0.2, 0.25) is 5.91 Å². The third-order valence-electron chi connectivity index (χ3n) is 4.48. The van der Waals surface area contributed by atoms with Gasteiger partial charge in [-0.1, -0.05) is 24.3 Å². The second-order valence-electron chi connectivity index (χ2n) is 6.88. The Morgan fingerprint density at radius 3 is 2.53 bits per heavy atom. The van der Waals surface area contributed by atoms with Crippen molar-refractivity contribution in [3.63, 3.8) is 0 Å². The monoisotopic (exact) mass is 436 g/mol. The van der Waals surface area contributed by atoms with Crippen LogP contribution in [0.5, 0.6) is 11.5 Å². The van der Waals surface area contributed by atoms with E-state index in [2.05, 4.69) is 10.4 Å². The third-order valence-corrected chi connectivity index (χ3v) is 4.48. The molecule has 1 N–H and O–H groups in total. The van der Waals surface area contributed by atoms with Gasteiger partial charge in [0.25, 0.3) is 11.5 Å². The normalized spacial score (nSPS) is 10.3. The number of amides is 2. The summed E-state index contributed by atoms with van der Waals surface area (Å²) in [5, 5.41) is 6.84. The van der Waals surface area contributed by atoms with Crippen molar-refractivity contribution in [2.24, 2.45) is 0 Å². The number of carbonyl (C=O) groups excluding carboxylic acids is 2. The molecule has 0 saturated heterocycles. The van der Waals surface area contributed by atoms with Crippen LogP contribution < -0.4 is 20.3 Å². The van der Waals surface area contributed by atoms with Crippen molar-refractivity contribution in [3.8, 4) is 11.5 Å². The summed E-state index contributed by atoms with van der Waals surface area (Å²) >= 11 is 0. The minimum absolute atomic E-state index is 0.0565. The number of benzene rings is 2. The van der Waals surface area contributed by atoms with Crippen molar-refractivity contribution < 1.29 is 19.1 Å². The molecule has 2 aromatic carbocycles. The van der Waals surface area contributed by atoms with Crippen LogP contribution in [0, 0.1) is 0 Å². The zero-order chi connectivity index (χ0) is 22.9. The number of nitrogens with one attached hydrogen (secondary N) is 1. The van der Waals surface area contributed by atoms with Gasteiger partial charge in [0, 0.05) is 24.9 Å². The SMILES string of the molecule is COc1cccc(NC(=O)CN(C)C(=O)c2ccc(=O)n(CCOc3ccccc3)n2)c1. The number of rotatable bonds is 9. The fourth-order valence-electron chi connectivity index (χ4n) is 2.87. The highest BCUT2D eigenvalue weighted by molar-refractivity contribution is 5.98. The summed E-state index contributed by atoms with van der Waals surface area (Å²) in [6.45, 7) is 0.205. The maximum atomic E-state index is 12.7. The van der Waals surface area contributed by atoms with Crippen LogP contribution in [0.2, 0.25) is 0 Å². The molecule has 0 atom stereocenters. The van der Waals surface area contributed by atoms with Crippen LogP contribution in [0.1, 0.15) is 10.5 Å². The van der Waals surface area contributed by atoms with E-state index in [4.69, 9.17) is 9.47 Å². The Morgan fingerprint density at radius 2 is 1.78 bits per heavy atom. The lowest BCUT2D eigenvalue weighted by molar-refractivity contribution is -0.116. The molecular weight excluding hydrogens is 412 g/mol. The first kappa shape index (κ1) is 22.5. The summed E-state index contributed by atoms with van der Waals surface area (Å²) < 4.78 is 11.9. The average Bonchev–Trinajstić information content (AvgIpc) is 2.80. The molecule has 1 heterocycles. The van der Waals surface area contributed by atoms with E-state index < -0.39 is 5.91 Å². The standard InChI is InChI=1S/C23H24N4O5/c1-26(16-21(28)24-17-7-6-10-19(15-17)31-2)23(30)20-11-12-22(29)27(25-20)13-14-32-18-8-4-3-5-9-18/h3-12,15H,13-14,16H2,1-2H3,(H,24,28). The highest BCUT2D eigenvalue weighted by Gasteiger charge is 2.17. The largest absolute Gasteiger partial charge is 0.497 e. The predicted octanol–water partition coefficient (Wildman–Crippen LogP) is 2.04. The number of ether oxygens (including phenoxy) is 2. The molecule has 0 aliphatic carbocycles. The van der Waals surface area contributed by atoms with E-state index in [-0.39, 0.29) is 36.9 Å². The van der Waals surface area contributed by atoms with Gasteiger partial charge in [-0.2, -0.15) is 5.10 Å². The number of carbonyl (C=O) groups is 2. The molecule has 9 heteroatoms. The van der Waals surface area contributed by atoms with Gasteiger partial charge in [0.15, 0.2) is 0 Å². The Labute approximate surface area is 185 Å². The third kappa shape index (κ3) is 6.18. The molecule has 0 bridgehead atoms. The Kier molecular flexibility index (Phi) is 7.58. The molecule has 0 fully saturated rings. The summed E-state index contributed by atoms with van der Waals surface area (Å²) in [5.41, 5.74) is 0.262. The number of likely N-dealkylation sites (N-methyl/N-ethyl adjacent to an activating group) is 1. The molecule has 3 aromatic rings. The zero-order valence-electron chi connectivity index (χ0n) is 17.9. The number of anilines is 1. The molecule has 9 nitrogen and oxygen atoms in total. The number of para-hydroxylation sites is 1. The van der Waals surface area contributed by atoms with Gasteiger partial charge in [-0.25, -0.2) is 4.68 Å². The molecule has 1 aromatic heterocycles. The first-order chi connectivity index (χ1) is 15.5. The lowest BCUT2D eigenvalue weighted by Crippen LogP contribution is -2.36. The quantitative estimate of drug-likeness (QED) is 0.551. The van der Waals surface area contributed by atoms with Crippen molar-refractivity contribution in [1.82, 2.24) is 14.7 Å². The molecule has 32 heavy (non-hydrogen) atoms. The number of hydrogen-bond acceptors (Lipinski definition) is 6. The molecule has 0 radical (unpaired) electrons. The van der Waals surface area contributed by atoms with E-state index in [1.807, 2.05) is 30.3 Å². The lowest BCUT2D eigenvalue weighted by atomic mass is 10.3. The lowest BCUT2D eigenvalue weighted by Gasteiger charge is -2.17. The van der Waals surface area contributed by atoms with Gasteiger partial charge < -0.3 is 19.7 Å². The maximum Gasteiger partial charge on any atom is 0.274 e. The van der Waals surface area contributed by atoms with Crippen molar-refractivity contribution in [3.05, 3.63) is 82.8 Å². The Morgan fingerprint density at radius 1 is 1.03 bits per heavy atom. The van der Waals surface area contributed by atoms with Gasteiger partial charge in [-0.3, -0.25) is 14.4 Å². The van der Waals surface area contributed by atoms with Crippen LogP contribution in [0.15, 0.2) is 71.5 Å². The molecule has 2 amide bonds. The summed E-state index contributed by atoms with van der Waals surface area (Å²) in [6, 6.07) is 18.7. The van der Waals surface area contributed by atoms with Gasteiger partial charge in [0.1, 0.15) is 23.8 Å². The molecule has 0 aliphatic heterocycles. The number of nitrogens with zero attached hydrogens (tertiary/aromatic N) is 3. The average molecular weight is 436 g/mol. The molecule has 3 rings (SSSR count). The van der Waals surface area contributed by atoms with E-state index in [1.165, 1.54) is 35.9 Å². The molecule has 0 aliphatic rings. The van der Waals surface area contributed by atoms with E-state index in [0.29, 0.717) is 17.2 Å². The van der Waals surface area contributed by atoms with E-state index in [9.17, 15) is 14.4 Å². The van der Waals surface area contributed by atoms with E-state index in [1.54, 1.807) is 24.3 Å². The van der Waals surface area contributed by atoms with Crippen molar-refractivity contribution >= 4 is 17.5 Å². The maximum absolute atomic E-state index is 12.7. The Hall–Kier alpha value is -4.14. The zero-order valence-corrected chi connectivity index (χ0v) is 17.9. The van der Waals surface area contributed by atoms with Gasteiger partial charge in [-0.15, -0.1) is 0 Å². The van der Waals surface area contributed by atoms with Gasteiger partial charge >= 0.3 is 0 Å². The number of hydrogen-bond donors (Lipinski definition) is 1. The summed E-state index contributed by atoms with van der Waals surface area (Å²) in [7, 11) is 3.02. The molecule has 0 spiro atoms. The smallest absolute Gasteiger partial charge is 0.274 e. The van der Waals surface area contributed by atoms with Crippen LogP contribution in [-0.2, 0) is 11.3 Å². The molecule has 166 valence electrons. The van der Waals surface area contributed by atoms with Crippen molar-refractivity contribution in [2.75, 3.05) is 32.6 Å². The Balaban J connectivity index is 1.58. The van der Waals surface area contributed by atoms with Crippen molar-refractivity contribution in [1.29, 1.82) is 0 Å². The highest BCUT2D eigenvalue weighted by atomic mass is 16.5.